The van der Waals surface area contributed by atoms with Crippen molar-refractivity contribution in [3.8, 4) is 0 Å². The third-order valence-electron chi connectivity index (χ3n) is 3.99. The molecule has 4 rings (SSSR count). The Morgan fingerprint density at radius 2 is 1.90 bits per heavy atom. The standard InChI is InChI=1S/C16H18N4O/c1-10-7-20(8-11(2)21-10)16-15-14(17-9-18-16)12-5-3-4-6-13(12)19-15/h3-6,9-11,19H,7-8H2,1-2H3. The molecular formula is C16H18N4O. The number of fused-ring (bicyclic) bond motifs is 3. The van der Waals surface area contributed by atoms with Crippen LogP contribution in [0.1, 0.15) is 13.8 Å². The van der Waals surface area contributed by atoms with Crippen LogP contribution in [0.15, 0.2) is 30.6 Å². The predicted molar refractivity (Wildman–Crippen MR) is 83.6 cm³/mol. The van der Waals surface area contributed by atoms with Crippen LogP contribution in [-0.4, -0.2) is 40.2 Å². The molecule has 1 N–H and O–H groups in total. The summed E-state index contributed by atoms with van der Waals surface area (Å²) in [5, 5.41) is 1.14. The molecule has 0 aliphatic carbocycles. The van der Waals surface area contributed by atoms with Crippen LogP contribution in [0.3, 0.4) is 0 Å². The van der Waals surface area contributed by atoms with Crippen LogP contribution >= 0.6 is 0 Å². The molecule has 5 nitrogen and oxygen atoms in total. The fourth-order valence-electron chi connectivity index (χ4n) is 3.22. The van der Waals surface area contributed by atoms with Gasteiger partial charge in [-0.05, 0) is 19.9 Å². The lowest BCUT2D eigenvalue weighted by Gasteiger charge is -2.36. The van der Waals surface area contributed by atoms with E-state index in [9.17, 15) is 0 Å². The molecule has 3 heterocycles. The molecule has 1 aliphatic heterocycles. The number of hydrogen-bond acceptors (Lipinski definition) is 4. The van der Waals surface area contributed by atoms with Gasteiger partial charge in [-0.1, -0.05) is 18.2 Å². The van der Waals surface area contributed by atoms with Crippen molar-refractivity contribution >= 4 is 27.8 Å². The zero-order valence-corrected chi connectivity index (χ0v) is 12.2. The number of morpholine rings is 1. The van der Waals surface area contributed by atoms with E-state index in [1.807, 2.05) is 12.1 Å². The summed E-state index contributed by atoms with van der Waals surface area (Å²) in [5.74, 6) is 0.971. The van der Waals surface area contributed by atoms with Crippen molar-refractivity contribution in [3.05, 3.63) is 30.6 Å². The average Bonchev–Trinajstić information content (AvgIpc) is 2.84. The van der Waals surface area contributed by atoms with Gasteiger partial charge in [-0.25, -0.2) is 9.97 Å². The summed E-state index contributed by atoms with van der Waals surface area (Å²) < 4.78 is 5.81. The van der Waals surface area contributed by atoms with Gasteiger partial charge in [0.05, 0.1) is 12.2 Å². The molecule has 1 aliphatic rings. The second-order valence-corrected chi connectivity index (χ2v) is 5.75. The van der Waals surface area contributed by atoms with Crippen LogP contribution in [0.2, 0.25) is 0 Å². The number of H-pyrrole nitrogens is 1. The van der Waals surface area contributed by atoms with Gasteiger partial charge in [0.15, 0.2) is 5.82 Å². The molecule has 0 spiro atoms. The SMILES string of the molecule is CC1CN(c2ncnc3c2[nH]c2ccccc23)CC(C)O1. The highest BCUT2D eigenvalue weighted by molar-refractivity contribution is 6.08. The molecule has 0 amide bonds. The van der Waals surface area contributed by atoms with Gasteiger partial charge in [-0.3, -0.25) is 0 Å². The van der Waals surface area contributed by atoms with E-state index >= 15 is 0 Å². The van der Waals surface area contributed by atoms with Gasteiger partial charge >= 0.3 is 0 Å². The molecule has 0 bridgehead atoms. The van der Waals surface area contributed by atoms with E-state index in [-0.39, 0.29) is 12.2 Å². The molecule has 0 radical (unpaired) electrons. The number of para-hydroxylation sites is 1. The first-order valence-corrected chi connectivity index (χ1v) is 7.34. The lowest BCUT2D eigenvalue weighted by molar-refractivity contribution is -0.00537. The zero-order valence-electron chi connectivity index (χ0n) is 12.2. The van der Waals surface area contributed by atoms with Crippen molar-refractivity contribution in [1.82, 2.24) is 15.0 Å². The highest BCUT2D eigenvalue weighted by Crippen LogP contribution is 2.30. The van der Waals surface area contributed by atoms with Gasteiger partial charge in [0, 0.05) is 24.0 Å². The minimum Gasteiger partial charge on any atom is -0.372 e. The highest BCUT2D eigenvalue weighted by atomic mass is 16.5. The van der Waals surface area contributed by atoms with E-state index in [1.54, 1.807) is 6.33 Å². The van der Waals surface area contributed by atoms with Crippen LogP contribution < -0.4 is 4.90 Å². The minimum absolute atomic E-state index is 0.211. The van der Waals surface area contributed by atoms with Gasteiger partial charge in [-0.15, -0.1) is 0 Å². The molecule has 3 aromatic rings. The van der Waals surface area contributed by atoms with Crippen molar-refractivity contribution in [1.29, 1.82) is 0 Å². The maximum atomic E-state index is 5.81. The molecule has 2 aromatic heterocycles. The van der Waals surface area contributed by atoms with Crippen LogP contribution in [-0.2, 0) is 4.74 Å². The van der Waals surface area contributed by atoms with E-state index < -0.39 is 0 Å². The van der Waals surface area contributed by atoms with Crippen molar-refractivity contribution in [2.75, 3.05) is 18.0 Å². The van der Waals surface area contributed by atoms with Crippen molar-refractivity contribution in [3.63, 3.8) is 0 Å². The number of hydrogen-bond donors (Lipinski definition) is 1. The fourth-order valence-corrected chi connectivity index (χ4v) is 3.22. The minimum atomic E-state index is 0.211. The van der Waals surface area contributed by atoms with Gasteiger partial charge in [0.2, 0.25) is 0 Å². The molecule has 2 unspecified atom stereocenters. The van der Waals surface area contributed by atoms with Gasteiger partial charge in [0.25, 0.3) is 0 Å². The third-order valence-corrected chi connectivity index (χ3v) is 3.99. The molecule has 108 valence electrons. The smallest absolute Gasteiger partial charge is 0.156 e. The quantitative estimate of drug-likeness (QED) is 0.745. The first-order chi connectivity index (χ1) is 10.2. The maximum absolute atomic E-state index is 5.81. The Morgan fingerprint density at radius 3 is 2.71 bits per heavy atom. The Morgan fingerprint density at radius 1 is 1.14 bits per heavy atom. The second kappa shape index (κ2) is 4.70. The molecule has 0 saturated carbocycles. The lowest BCUT2D eigenvalue weighted by atomic mass is 10.2. The summed E-state index contributed by atoms with van der Waals surface area (Å²) in [6, 6.07) is 8.24. The van der Waals surface area contributed by atoms with E-state index in [0.717, 1.165) is 40.8 Å². The van der Waals surface area contributed by atoms with Crippen molar-refractivity contribution in [2.24, 2.45) is 0 Å². The van der Waals surface area contributed by atoms with Crippen LogP contribution in [0.25, 0.3) is 21.9 Å². The predicted octanol–water partition coefficient (Wildman–Crippen LogP) is 2.72. The highest BCUT2D eigenvalue weighted by Gasteiger charge is 2.25. The van der Waals surface area contributed by atoms with Crippen LogP contribution in [0, 0.1) is 0 Å². The largest absolute Gasteiger partial charge is 0.372 e. The Labute approximate surface area is 123 Å². The van der Waals surface area contributed by atoms with E-state index in [1.165, 1.54) is 0 Å². The number of ether oxygens (including phenoxy) is 1. The fraction of sp³-hybridized carbons (Fsp3) is 0.375. The molecule has 2 atom stereocenters. The average molecular weight is 282 g/mol. The molecule has 21 heavy (non-hydrogen) atoms. The third kappa shape index (κ3) is 2.05. The topological polar surface area (TPSA) is 54.0 Å². The Balaban J connectivity index is 1.88. The second-order valence-electron chi connectivity index (χ2n) is 5.75. The van der Waals surface area contributed by atoms with E-state index in [2.05, 4.69) is 45.8 Å². The zero-order chi connectivity index (χ0) is 14.4. The number of nitrogens with one attached hydrogen (secondary N) is 1. The summed E-state index contributed by atoms with van der Waals surface area (Å²) in [5.41, 5.74) is 3.10. The van der Waals surface area contributed by atoms with Crippen LogP contribution in [0.4, 0.5) is 5.82 Å². The summed E-state index contributed by atoms with van der Waals surface area (Å²) >= 11 is 0. The summed E-state index contributed by atoms with van der Waals surface area (Å²) in [6.45, 7) is 5.91. The summed E-state index contributed by atoms with van der Waals surface area (Å²) in [6.07, 6.45) is 2.08. The van der Waals surface area contributed by atoms with Crippen LogP contribution in [0.5, 0.6) is 0 Å². The molecule has 1 aromatic carbocycles. The Kier molecular flexibility index (Phi) is 2.82. The Hall–Kier alpha value is -2.14. The molecule has 5 heteroatoms. The normalized spacial score (nSPS) is 23.0. The van der Waals surface area contributed by atoms with Gasteiger partial charge < -0.3 is 14.6 Å². The number of aromatic amines is 1. The van der Waals surface area contributed by atoms with Crippen molar-refractivity contribution in [2.45, 2.75) is 26.1 Å². The van der Waals surface area contributed by atoms with Gasteiger partial charge in [0.1, 0.15) is 17.4 Å². The number of anilines is 1. The number of rotatable bonds is 1. The Bertz CT molecular complexity index is 787. The first-order valence-electron chi connectivity index (χ1n) is 7.34. The van der Waals surface area contributed by atoms with Gasteiger partial charge in [-0.2, -0.15) is 0 Å². The molecular weight excluding hydrogens is 264 g/mol. The summed E-state index contributed by atoms with van der Waals surface area (Å²) in [7, 11) is 0. The number of nitrogens with zero attached hydrogens (tertiary/aromatic N) is 3. The summed E-state index contributed by atoms with van der Waals surface area (Å²) in [4.78, 5) is 14.7. The first kappa shape index (κ1) is 12.6. The monoisotopic (exact) mass is 282 g/mol. The number of aromatic nitrogens is 3. The molecule has 1 fully saturated rings. The van der Waals surface area contributed by atoms with E-state index in [4.69, 9.17) is 4.74 Å². The van der Waals surface area contributed by atoms with Crippen molar-refractivity contribution < 1.29 is 4.74 Å². The molecule has 1 saturated heterocycles. The van der Waals surface area contributed by atoms with E-state index in [0.29, 0.717) is 0 Å². The number of benzene rings is 1. The maximum Gasteiger partial charge on any atom is 0.156 e. The lowest BCUT2D eigenvalue weighted by Crippen LogP contribution is -2.46.